The minimum absolute atomic E-state index is 0.196. The number of hydrogen-bond acceptors (Lipinski definition) is 6. The van der Waals surface area contributed by atoms with E-state index < -0.39 is 0 Å². The number of nitrogens with one attached hydrogen (secondary N) is 1. The van der Waals surface area contributed by atoms with Crippen LogP contribution in [-0.4, -0.2) is 50.2 Å². The highest BCUT2D eigenvalue weighted by molar-refractivity contribution is 5.92. The first kappa shape index (κ1) is 31.4. The molecule has 0 saturated heterocycles. The molecule has 1 aromatic carbocycles. The van der Waals surface area contributed by atoms with Crippen LogP contribution in [0.5, 0.6) is 5.75 Å². The smallest absolute Gasteiger partial charge is 0.136 e. The molecule has 0 amide bonds. The van der Waals surface area contributed by atoms with E-state index in [0.717, 1.165) is 93.6 Å². The van der Waals surface area contributed by atoms with Gasteiger partial charge in [-0.05, 0) is 138 Å². The van der Waals surface area contributed by atoms with Gasteiger partial charge in [-0.25, -0.2) is 0 Å². The monoisotopic (exact) mass is 601 g/mol. The summed E-state index contributed by atoms with van der Waals surface area (Å²) in [4.78, 5) is 20.4. The molecule has 6 heteroatoms. The van der Waals surface area contributed by atoms with Crippen LogP contribution in [-0.2, 0) is 9.63 Å². The third-order valence-electron chi connectivity index (χ3n) is 12.4. The molecule has 4 aliphatic carbocycles. The number of hydrogen-bond donors (Lipinski definition) is 1. The van der Waals surface area contributed by atoms with Crippen LogP contribution < -0.4 is 10.1 Å². The molecule has 240 valence electrons. The van der Waals surface area contributed by atoms with E-state index in [4.69, 9.17) is 14.7 Å². The zero-order valence-corrected chi connectivity index (χ0v) is 27.8. The van der Waals surface area contributed by atoms with E-state index in [9.17, 15) is 4.79 Å². The number of carbonyl (C=O) groups excluding carboxylic acids is 1. The Morgan fingerprint density at radius 2 is 1.93 bits per heavy atom. The van der Waals surface area contributed by atoms with E-state index in [1.807, 2.05) is 0 Å². The number of rotatable bonds is 11. The summed E-state index contributed by atoms with van der Waals surface area (Å²) in [5.74, 6) is 5.05. The van der Waals surface area contributed by atoms with Gasteiger partial charge < -0.3 is 19.8 Å². The van der Waals surface area contributed by atoms with Gasteiger partial charge in [0.25, 0.3) is 0 Å². The summed E-state index contributed by atoms with van der Waals surface area (Å²) in [6, 6.07) is 6.42. The largest absolute Gasteiger partial charge is 0.457 e. The first-order chi connectivity index (χ1) is 21.2. The second-order valence-electron chi connectivity index (χ2n) is 15.3. The average molecular weight is 602 g/mol. The van der Waals surface area contributed by atoms with Crippen molar-refractivity contribution in [2.45, 2.75) is 97.3 Å². The number of anilines is 1. The third-order valence-corrected chi connectivity index (χ3v) is 12.4. The Morgan fingerprint density at radius 1 is 1.07 bits per heavy atom. The Balaban J connectivity index is 0.960. The van der Waals surface area contributed by atoms with Crippen molar-refractivity contribution in [3.63, 3.8) is 0 Å². The number of Topliss-reactive ketones (excluding diaryl/α,β-unsaturated/α-hetero) is 1. The first-order valence-corrected chi connectivity index (χ1v) is 17.5. The zero-order chi connectivity index (χ0) is 30.9. The van der Waals surface area contributed by atoms with Gasteiger partial charge in [-0.2, -0.15) is 0 Å². The SMILES string of the molecule is C=C1C=C(CCCCCO/N=C2/CC[C@H]3[C@@H]4CC[C@H]5CC(=O)CC[C@]5(C)[C@H]4CC[C@]23C)c2ccc(NCCN(C)C)cc2O1. The number of fused-ring (bicyclic) bond motifs is 6. The van der Waals surface area contributed by atoms with Crippen LogP contribution in [0.25, 0.3) is 5.57 Å². The predicted octanol–water partition coefficient (Wildman–Crippen LogP) is 8.49. The highest BCUT2D eigenvalue weighted by atomic mass is 16.6. The summed E-state index contributed by atoms with van der Waals surface area (Å²) < 4.78 is 5.98. The molecule has 0 aromatic heterocycles. The van der Waals surface area contributed by atoms with Gasteiger partial charge in [0.1, 0.15) is 23.9 Å². The van der Waals surface area contributed by atoms with E-state index in [1.54, 1.807) is 0 Å². The summed E-state index contributed by atoms with van der Waals surface area (Å²) in [5, 5.41) is 8.30. The highest BCUT2D eigenvalue weighted by Gasteiger charge is 2.59. The maximum atomic E-state index is 12.2. The van der Waals surface area contributed by atoms with Crippen LogP contribution >= 0.6 is 0 Å². The Labute approximate surface area is 265 Å². The topological polar surface area (TPSA) is 63.2 Å². The number of carbonyl (C=O) groups is 1. The number of ether oxygens (including phenoxy) is 1. The summed E-state index contributed by atoms with van der Waals surface area (Å²) in [5.41, 5.74) is 5.46. The van der Waals surface area contributed by atoms with Crippen LogP contribution in [0.1, 0.15) is 103 Å². The van der Waals surface area contributed by atoms with Crippen molar-refractivity contribution >= 4 is 22.8 Å². The summed E-state index contributed by atoms with van der Waals surface area (Å²) in [7, 11) is 4.17. The van der Waals surface area contributed by atoms with Crippen molar-refractivity contribution in [3.8, 4) is 5.75 Å². The molecule has 44 heavy (non-hydrogen) atoms. The van der Waals surface area contributed by atoms with E-state index in [1.165, 1.54) is 49.0 Å². The van der Waals surface area contributed by atoms with Gasteiger partial charge in [-0.1, -0.05) is 25.6 Å². The fraction of sp³-hybridized carbons (Fsp3) is 0.684. The van der Waals surface area contributed by atoms with Crippen molar-refractivity contribution < 1.29 is 14.4 Å². The van der Waals surface area contributed by atoms with Crippen molar-refractivity contribution in [2.24, 2.45) is 39.7 Å². The fourth-order valence-corrected chi connectivity index (χ4v) is 9.82. The molecule has 0 bridgehead atoms. The normalized spacial score (nSPS) is 33.7. The predicted molar refractivity (Wildman–Crippen MR) is 180 cm³/mol. The molecule has 6 atom stereocenters. The number of nitrogens with zero attached hydrogens (tertiary/aromatic N) is 2. The van der Waals surface area contributed by atoms with Crippen molar-refractivity contribution in [1.82, 2.24) is 4.90 Å². The van der Waals surface area contributed by atoms with Crippen molar-refractivity contribution in [2.75, 3.05) is 39.1 Å². The van der Waals surface area contributed by atoms with Crippen LogP contribution in [0, 0.1) is 34.5 Å². The summed E-state index contributed by atoms with van der Waals surface area (Å²) in [6.45, 7) is 11.7. The van der Waals surface area contributed by atoms with Crippen molar-refractivity contribution in [1.29, 1.82) is 0 Å². The van der Waals surface area contributed by atoms with Gasteiger partial charge in [0.2, 0.25) is 0 Å². The molecule has 0 radical (unpaired) electrons. The number of ketones is 1. The average Bonchev–Trinajstić information content (AvgIpc) is 3.32. The molecule has 5 aliphatic rings. The van der Waals surface area contributed by atoms with Crippen LogP contribution in [0.15, 0.2) is 41.8 Å². The summed E-state index contributed by atoms with van der Waals surface area (Å²) in [6.07, 6.45) is 16.5. The van der Waals surface area contributed by atoms with Gasteiger partial charge in [0, 0.05) is 48.7 Å². The molecular formula is C38H55N3O3. The van der Waals surface area contributed by atoms with Crippen molar-refractivity contribution in [3.05, 3.63) is 42.2 Å². The van der Waals surface area contributed by atoms with Gasteiger partial charge in [0.15, 0.2) is 0 Å². The molecule has 0 spiro atoms. The molecule has 6 rings (SSSR count). The van der Waals surface area contributed by atoms with Crippen LogP contribution in [0.4, 0.5) is 5.69 Å². The Bertz CT molecular complexity index is 1300. The molecule has 4 fully saturated rings. The van der Waals surface area contributed by atoms with E-state index >= 15 is 0 Å². The summed E-state index contributed by atoms with van der Waals surface area (Å²) >= 11 is 0. The Hall–Kier alpha value is -2.60. The zero-order valence-electron chi connectivity index (χ0n) is 27.8. The molecule has 1 aromatic rings. The molecule has 1 aliphatic heterocycles. The maximum absolute atomic E-state index is 12.2. The van der Waals surface area contributed by atoms with E-state index in [-0.39, 0.29) is 5.41 Å². The fourth-order valence-electron chi connectivity index (χ4n) is 9.82. The molecule has 1 heterocycles. The lowest BCUT2D eigenvalue weighted by Crippen LogP contribution is -2.53. The number of likely N-dealkylation sites (N-methyl/N-ethyl adjacent to an activating group) is 1. The molecule has 4 saturated carbocycles. The minimum Gasteiger partial charge on any atom is -0.457 e. The number of oxime groups is 1. The molecule has 6 nitrogen and oxygen atoms in total. The molecule has 1 N–H and O–H groups in total. The van der Waals surface area contributed by atoms with Gasteiger partial charge in [-0.3, -0.25) is 4.79 Å². The highest BCUT2D eigenvalue weighted by Crippen LogP contribution is 2.65. The second-order valence-corrected chi connectivity index (χ2v) is 15.3. The molecular weight excluding hydrogens is 546 g/mol. The molecule has 0 unspecified atom stereocenters. The third kappa shape index (κ3) is 6.25. The lowest BCUT2D eigenvalue weighted by atomic mass is 9.45. The minimum atomic E-state index is 0.196. The van der Waals surface area contributed by atoms with Gasteiger partial charge in [-0.15, -0.1) is 0 Å². The van der Waals surface area contributed by atoms with Crippen LogP contribution in [0.2, 0.25) is 0 Å². The number of unbranched alkanes of at least 4 members (excludes halogenated alkanes) is 2. The van der Waals surface area contributed by atoms with Gasteiger partial charge in [0.05, 0.1) is 5.71 Å². The quantitative estimate of drug-likeness (QED) is 0.204. The van der Waals surface area contributed by atoms with Gasteiger partial charge >= 0.3 is 0 Å². The lowest BCUT2D eigenvalue weighted by molar-refractivity contribution is -0.136. The van der Waals surface area contributed by atoms with E-state index in [2.05, 4.69) is 69.0 Å². The number of benzene rings is 1. The Kier molecular flexibility index (Phi) is 9.29. The second kappa shape index (κ2) is 13.0. The first-order valence-electron chi connectivity index (χ1n) is 17.5. The lowest BCUT2D eigenvalue weighted by Gasteiger charge is -2.59. The standard InChI is InChI=1S/C38H55N3O3/c1-26-23-27(31-13-11-29(25-35(31)44-26)39-20-21-41(4)5)9-7-6-8-22-43-40-36-15-14-33-32-12-10-28-24-30(42)16-18-37(28,2)34(32)17-19-38(33,36)3/h11,13,23,25,28,32-34,39H,1,6-10,12,14-22,24H2,2-5H3/b40-36-/t28-,32-,33-,34-,37-,38-/m0/s1. The maximum Gasteiger partial charge on any atom is 0.136 e. The number of allylic oxidation sites excluding steroid dienone is 2. The Morgan fingerprint density at radius 3 is 2.77 bits per heavy atom. The van der Waals surface area contributed by atoms with Crippen LogP contribution in [0.3, 0.4) is 0 Å². The van der Waals surface area contributed by atoms with E-state index in [0.29, 0.717) is 29.5 Å².